The molecule has 112 valence electrons. The maximum Gasteiger partial charge on any atom is 0.221 e. The van der Waals surface area contributed by atoms with E-state index in [4.69, 9.17) is 0 Å². The van der Waals surface area contributed by atoms with Gasteiger partial charge in [-0.15, -0.1) is 22.7 Å². The minimum absolute atomic E-state index is 0.0254. The van der Waals surface area contributed by atoms with E-state index in [0.29, 0.717) is 0 Å². The van der Waals surface area contributed by atoms with Crippen LogP contribution in [0.2, 0.25) is 0 Å². The Morgan fingerprint density at radius 2 is 2.32 bits per heavy atom. The van der Waals surface area contributed by atoms with Gasteiger partial charge in [0.05, 0.1) is 15.7 Å². The first-order valence-electron chi connectivity index (χ1n) is 7.19. The fraction of sp³-hybridized carbons (Fsp3) is 0.250. The number of anilines is 1. The summed E-state index contributed by atoms with van der Waals surface area (Å²) < 4.78 is 1.19. The second-order valence-corrected chi connectivity index (χ2v) is 7.34. The Labute approximate surface area is 136 Å². The number of aromatic nitrogens is 1. The van der Waals surface area contributed by atoms with Gasteiger partial charge in [-0.1, -0.05) is 6.07 Å². The molecule has 6 heteroatoms. The smallest absolute Gasteiger partial charge is 0.221 e. The molecule has 1 amide bonds. The van der Waals surface area contributed by atoms with E-state index in [0.717, 1.165) is 35.6 Å². The zero-order valence-electron chi connectivity index (χ0n) is 12.1. The number of hydrogen-bond donors (Lipinski definition) is 2. The number of nitrogens with one attached hydrogen (secondary N) is 2. The van der Waals surface area contributed by atoms with Gasteiger partial charge >= 0.3 is 0 Å². The van der Waals surface area contributed by atoms with Gasteiger partial charge in [0.2, 0.25) is 5.91 Å². The van der Waals surface area contributed by atoms with Crippen LogP contribution in [0.25, 0.3) is 21.3 Å². The SMILES string of the molecule is CC(=O)Nc1sc2c(c1-c1ccc3scnc3c1)CCNC2. The van der Waals surface area contributed by atoms with Crippen LogP contribution in [0.15, 0.2) is 23.7 Å². The van der Waals surface area contributed by atoms with E-state index in [9.17, 15) is 4.79 Å². The average molecular weight is 329 g/mol. The monoisotopic (exact) mass is 329 g/mol. The van der Waals surface area contributed by atoms with Crippen LogP contribution in [0.4, 0.5) is 5.00 Å². The summed E-state index contributed by atoms with van der Waals surface area (Å²) in [4.78, 5) is 17.3. The second kappa shape index (κ2) is 5.46. The first-order valence-corrected chi connectivity index (χ1v) is 8.88. The Bertz CT molecular complexity index is 866. The Kier molecular flexibility index (Phi) is 3.44. The minimum Gasteiger partial charge on any atom is -0.317 e. The number of amides is 1. The molecule has 0 saturated carbocycles. The van der Waals surface area contributed by atoms with Crippen molar-refractivity contribution in [2.75, 3.05) is 11.9 Å². The largest absolute Gasteiger partial charge is 0.317 e. The van der Waals surface area contributed by atoms with E-state index in [-0.39, 0.29) is 5.91 Å². The molecular formula is C16H15N3OS2. The molecule has 0 bridgehead atoms. The molecular weight excluding hydrogens is 314 g/mol. The van der Waals surface area contributed by atoms with Crippen molar-refractivity contribution in [3.63, 3.8) is 0 Å². The average Bonchev–Trinajstić information content (AvgIpc) is 3.09. The van der Waals surface area contributed by atoms with Crippen molar-refractivity contribution in [3.05, 3.63) is 34.2 Å². The normalized spacial score (nSPS) is 14.0. The molecule has 0 fully saturated rings. The lowest BCUT2D eigenvalue weighted by molar-refractivity contribution is -0.114. The molecule has 0 saturated heterocycles. The summed E-state index contributed by atoms with van der Waals surface area (Å²) in [6, 6.07) is 6.38. The van der Waals surface area contributed by atoms with E-state index in [2.05, 4.69) is 33.8 Å². The van der Waals surface area contributed by atoms with E-state index >= 15 is 0 Å². The Morgan fingerprint density at radius 3 is 3.18 bits per heavy atom. The van der Waals surface area contributed by atoms with Gasteiger partial charge in [-0.25, -0.2) is 4.98 Å². The zero-order chi connectivity index (χ0) is 15.1. The van der Waals surface area contributed by atoms with Crippen molar-refractivity contribution < 1.29 is 4.79 Å². The summed E-state index contributed by atoms with van der Waals surface area (Å²) in [6.45, 7) is 3.42. The van der Waals surface area contributed by atoms with Crippen LogP contribution in [0.1, 0.15) is 17.4 Å². The molecule has 0 radical (unpaired) electrons. The Balaban J connectivity index is 1.90. The molecule has 4 rings (SSSR count). The van der Waals surface area contributed by atoms with Crippen LogP contribution in [-0.4, -0.2) is 17.4 Å². The number of carbonyl (C=O) groups excluding carboxylic acids is 1. The lowest BCUT2D eigenvalue weighted by atomic mass is 9.97. The van der Waals surface area contributed by atoms with Crippen molar-refractivity contribution in [1.29, 1.82) is 0 Å². The first kappa shape index (κ1) is 13.9. The number of rotatable bonds is 2. The maximum absolute atomic E-state index is 11.5. The van der Waals surface area contributed by atoms with Gasteiger partial charge in [-0.05, 0) is 36.2 Å². The lowest BCUT2D eigenvalue weighted by Crippen LogP contribution is -2.22. The van der Waals surface area contributed by atoms with Gasteiger partial charge in [-0.3, -0.25) is 4.79 Å². The third-order valence-corrected chi connectivity index (χ3v) is 5.79. The maximum atomic E-state index is 11.5. The number of fused-ring (bicyclic) bond motifs is 2. The predicted molar refractivity (Wildman–Crippen MR) is 92.6 cm³/mol. The molecule has 0 unspecified atom stereocenters. The Morgan fingerprint density at radius 1 is 1.41 bits per heavy atom. The Hall–Kier alpha value is -1.76. The number of benzene rings is 1. The third-order valence-electron chi connectivity index (χ3n) is 3.84. The van der Waals surface area contributed by atoms with E-state index in [1.54, 1.807) is 29.6 Å². The molecule has 1 aromatic carbocycles. The predicted octanol–water partition coefficient (Wildman–Crippen LogP) is 3.63. The van der Waals surface area contributed by atoms with Crippen molar-refractivity contribution in [2.24, 2.45) is 0 Å². The highest BCUT2D eigenvalue weighted by atomic mass is 32.1. The molecule has 4 nitrogen and oxygen atoms in total. The van der Waals surface area contributed by atoms with Crippen LogP contribution in [0.5, 0.6) is 0 Å². The fourth-order valence-electron chi connectivity index (χ4n) is 2.90. The van der Waals surface area contributed by atoms with Gasteiger partial charge < -0.3 is 10.6 Å². The molecule has 0 aliphatic carbocycles. The molecule has 3 aromatic rings. The highest BCUT2D eigenvalue weighted by Gasteiger charge is 2.22. The molecule has 1 aliphatic rings. The molecule has 2 N–H and O–H groups in total. The lowest BCUT2D eigenvalue weighted by Gasteiger charge is -2.14. The summed E-state index contributed by atoms with van der Waals surface area (Å²) in [6.07, 6.45) is 0.996. The third kappa shape index (κ3) is 2.33. The number of hydrogen-bond acceptors (Lipinski definition) is 5. The summed E-state index contributed by atoms with van der Waals surface area (Å²) in [5, 5.41) is 7.36. The number of thiazole rings is 1. The molecule has 1 aliphatic heterocycles. The topological polar surface area (TPSA) is 54.0 Å². The molecule has 0 spiro atoms. The molecule has 2 aromatic heterocycles. The van der Waals surface area contributed by atoms with Crippen LogP contribution < -0.4 is 10.6 Å². The molecule has 3 heterocycles. The molecule has 22 heavy (non-hydrogen) atoms. The number of carbonyl (C=O) groups is 1. The van der Waals surface area contributed by atoms with E-state index in [1.165, 1.54) is 20.7 Å². The van der Waals surface area contributed by atoms with Crippen LogP contribution in [-0.2, 0) is 17.8 Å². The van der Waals surface area contributed by atoms with Gasteiger partial charge in [0, 0.05) is 23.9 Å². The fourth-order valence-corrected chi connectivity index (χ4v) is 4.85. The summed E-state index contributed by atoms with van der Waals surface area (Å²) in [5.41, 5.74) is 6.57. The van der Waals surface area contributed by atoms with Crippen molar-refractivity contribution in [3.8, 4) is 11.1 Å². The highest BCUT2D eigenvalue weighted by Crippen LogP contribution is 2.43. The van der Waals surface area contributed by atoms with Gasteiger partial charge in [0.15, 0.2) is 0 Å². The van der Waals surface area contributed by atoms with Crippen molar-refractivity contribution in [1.82, 2.24) is 10.3 Å². The van der Waals surface area contributed by atoms with Gasteiger partial charge in [0.25, 0.3) is 0 Å². The van der Waals surface area contributed by atoms with E-state index in [1.807, 2.05) is 5.51 Å². The highest BCUT2D eigenvalue weighted by molar-refractivity contribution is 7.17. The molecule has 0 atom stereocenters. The van der Waals surface area contributed by atoms with Crippen LogP contribution in [0, 0.1) is 0 Å². The van der Waals surface area contributed by atoms with Crippen LogP contribution >= 0.6 is 22.7 Å². The van der Waals surface area contributed by atoms with E-state index < -0.39 is 0 Å². The minimum atomic E-state index is -0.0254. The summed E-state index contributed by atoms with van der Waals surface area (Å²) in [7, 11) is 0. The van der Waals surface area contributed by atoms with Gasteiger partial charge in [-0.2, -0.15) is 0 Å². The van der Waals surface area contributed by atoms with Crippen molar-refractivity contribution >= 4 is 43.8 Å². The summed E-state index contributed by atoms with van der Waals surface area (Å²) >= 11 is 3.33. The quantitative estimate of drug-likeness (QED) is 0.755. The van der Waals surface area contributed by atoms with Gasteiger partial charge in [0.1, 0.15) is 5.00 Å². The van der Waals surface area contributed by atoms with Crippen molar-refractivity contribution in [2.45, 2.75) is 19.9 Å². The summed E-state index contributed by atoms with van der Waals surface area (Å²) in [5.74, 6) is -0.0254. The van der Waals surface area contributed by atoms with Crippen LogP contribution in [0.3, 0.4) is 0 Å². The zero-order valence-corrected chi connectivity index (χ0v) is 13.7. The number of nitrogens with zero attached hydrogens (tertiary/aromatic N) is 1. The first-order chi connectivity index (χ1) is 10.7. The second-order valence-electron chi connectivity index (χ2n) is 5.35. The number of thiophene rings is 1. The standard InChI is InChI=1S/C16H15N3OS2/c1-9(20)19-16-15(11-4-5-17-7-14(11)22-16)10-2-3-13-12(6-10)18-8-21-13/h2-3,6,8,17H,4-5,7H2,1H3,(H,19,20).